The normalized spacial score (nSPS) is 15.4. The van der Waals surface area contributed by atoms with E-state index in [2.05, 4.69) is 36.2 Å². The van der Waals surface area contributed by atoms with E-state index in [1.54, 1.807) is 4.90 Å². The van der Waals surface area contributed by atoms with E-state index in [0.29, 0.717) is 19.0 Å². The lowest BCUT2D eigenvalue weighted by Crippen LogP contribution is -2.52. The maximum atomic E-state index is 13.5. The van der Waals surface area contributed by atoms with Gasteiger partial charge in [-0.25, -0.2) is 4.79 Å². The van der Waals surface area contributed by atoms with Crippen molar-refractivity contribution >= 4 is 18.0 Å². The number of piperidine rings is 1. The summed E-state index contributed by atoms with van der Waals surface area (Å²) in [7, 11) is 0. The third kappa shape index (κ3) is 6.85. The standard InChI is InChI=1S/C34H36N2O5/c1-2-20-40-32(37)22-31(33(38)36-18-16-25(17-19-36)21-24-10-4-3-5-11-24)35-34(39)41-23-30-28-14-8-6-12-26(28)27-13-7-9-15-29(27)30/h2-15,25,30-31H,1,16-23H2,(H,35,39)/t31-/m1/s1. The summed E-state index contributed by atoms with van der Waals surface area (Å²) >= 11 is 0. The number of hydrogen-bond acceptors (Lipinski definition) is 5. The van der Waals surface area contributed by atoms with Gasteiger partial charge in [0.15, 0.2) is 0 Å². The van der Waals surface area contributed by atoms with Gasteiger partial charge in [-0.3, -0.25) is 9.59 Å². The third-order valence-electron chi connectivity index (χ3n) is 7.96. The number of hydrogen-bond donors (Lipinski definition) is 1. The van der Waals surface area contributed by atoms with E-state index in [1.807, 2.05) is 54.6 Å². The van der Waals surface area contributed by atoms with Crippen molar-refractivity contribution in [2.75, 3.05) is 26.3 Å². The lowest BCUT2D eigenvalue weighted by atomic mass is 9.90. The molecule has 7 heteroatoms. The molecule has 0 saturated carbocycles. The number of carbonyl (C=O) groups is 3. The zero-order valence-corrected chi connectivity index (χ0v) is 23.2. The van der Waals surface area contributed by atoms with Crippen molar-refractivity contribution in [2.24, 2.45) is 5.92 Å². The van der Waals surface area contributed by atoms with Crippen LogP contribution < -0.4 is 5.32 Å². The van der Waals surface area contributed by atoms with E-state index < -0.39 is 18.1 Å². The van der Waals surface area contributed by atoms with Crippen LogP contribution in [0.25, 0.3) is 11.1 Å². The Morgan fingerprint density at radius 3 is 2.12 bits per heavy atom. The molecule has 2 aliphatic rings. The highest BCUT2D eigenvalue weighted by Gasteiger charge is 2.33. The quantitative estimate of drug-likeness (QED) is 0.265. The number of ether oxygens (including phenoxy) is 2. The molecule has 0 spiro atoms. The van der Waals surface area contributed by atoms with Gasteiger partial charge >= 0.3 is 12.1 Å². The van der Waals surface area contributed by atoms with Crippen molar-refractivity contribution in [2.45, 2.75) is 37.6 Å². The summed E-state index contributed by atoms with van der Waals surface area (Å²) in [4.78, 5) is 40.7. The van der Waals surface area contributed by atoms with Gasteiger partial charge in [0, 0.05) is 19.0 Å². The van der Waals surface area contributed by atoms with Crippen molar-refractivity contribution in [3.63, 3.8) is 0 Å². The Balaban J connectivity index is 1.21. The molecule has 1 aliphatic heterocycles. The second-order valence-electron chi connectivity index (χ2n) is 10.7. The largest absolute Gasteiger partial charge is 0.461 e. The first kappa shape index (κ1) is 28.1. The van der Waals surface area contributed by atoms with Crippen LogP contribution in [0.1, 0.15) is 41.9 Å². The molecule has 1 fully saturated rings. The molecule has 0 unspecified atom stereocenters. The zero-order chi connectivity index (χ0) is 28.6. The maximum Gasteiger partial charge on any atom is 0.407 e. The van der Waals surface area contributed by atoms with Crippen molar-refractivity contribution in [3.05, 3.63) is 108 Å². The number of nitrogens with zero attached hydrogens (tertiary/aromatic N) is 1. The first-order valence-electron chi connectivity index (χ1n) is 14.2. The number of alkyl carbamates (subject to hydrolysis) is 1. The van der Waals surface area contributed by atoms with Gasteiger partial charge in [0.2, 0.25) is 5.91 Å². The molecule has 0 aromatic heterocycles. The summed E-state index contributed by atoms with van der Waals surface area (Å²) in [5.74, 6) is -0.510. The minimum atomic E-state index is -1.08. The summed E-state index contributed by atoms with van der Waals surface area (Å²) in [6.45, 7) is 4.85. The fourth-order valence-corrected chi connectivity index (χ4v) is 5.89. The SMILES string of the molecule is C=CCOC(=O)C[C@@H](NC(=O)OCC1c2ccccc2-c2ccccc21)C(=O)N1CCC(Cc2ccccc2)CC1. The first-order chi connectivity index (χ1) is 20.0. The number of amides is 2. The van der Waals surface area contributed by atoms with Crippen molar-refractivity contribution in [1.82, 2.24) is 10.2 Å². The molecule has 41 heavy (non-hydrogen) atoms. The molecule has 1 heterocycles. The lowest BCUT2D eigenvalue weighted by molar-refractivity contribution is -0.146. The Labute approximate surface area is 241 Å². The van der Waals surface area contributed by atoms with Crippen LogP contribution in [0.3, 0.4) is 0 Å². The summed E-state index contributed by atoms with van der Waals surface area (Å²) in [5, 5.41) is 2.67. The molecule has 2 amide bonds. The smallest absolute Gasteiger partial charge is 0.407 e. The Hall–Kier alpha value is -4.39. The number of nitrogens with one attached hydrogen (secondary N) is 1. The third-order valence-corrected chi connectivity index (χ3v) is 7.96. The molecular formula is C34H36N2O5. The van der Waals surface area contributed by atoms with Gasteiger partial charge in [-0.15, -0.1) is 0 Å². The van der Waals surface area contributed by atoms with Crippen LogP contribution in [0, 0.1) is 5.92 Å². The predicted octanol–water partition coefficient (Wildman–Crippen LogP) is 5.49. The maximum absolute atomic E-state index is 13.5. The molecule has 0 radical (unpaired) electrons. The second kappa shape index (κ2) is 13.3. The molecule has 212 valence electrons. The fourth-order valence-electron chi connectivity index (χ4n) is 5.89. The highest BCUT2D eigenvalue weighted by Crippen LogP contribution is 2.44. The van der Waals surface area contributed by atoms with Gasteiger partial charge in [-0.2, -0.15) is 0 Å². The van der Waals surface area contributed by atoms with Crippen LogP contribution in [0.15, 0.2) is 91.5 Å². The van der Waals surface area contributed by atoms with Gasteiger partial charge in [0.05, 0.1) is 6.42 Å². The van der Waals surface area contributed by atoms with Gasteiger partial charge < -0.3 is 19.7 Å². The monoisotopic (exact) mass is 552 g/mol. The van der Waals surface area contributed by atoms with Crippen molar-refractivity contribution in [1.29, 1.82) is 0 Å². The van der Waals surface area contributed by atoms with E-state index in [1.165, 1.54) is 11.6 Å². The topological polar surface area (TPSA) is 84.9 Å². The van der Waals surface area contributed by atoms with Gasteiger partial charge in [-0.1, -0.05) is 91.5 Å². The second-order valence-corrected chi connectivity index (χ2v) is 10.7. The van der Waals surface area contributed by atoms with Crippen molar-refractivity contribution in [3.8, 4) is 11.1 Å². The number of esters is 1. The summed E-state index contributed by atoms with van der Waals surface area (Å²) in [6.07, 6.45) is 3.14. The van der Waals surface area contributed by atoms with E-state index >= 15 is 0 Å². The number of benzene rings is 3. The van der Waals surface area contributed by atoms with Crippen molar-refractivity contribution < 1.29 is 23.9 Å². The summed E-state index contributed by atoms with van der Waals surface area (Å²) in [5.41, 5.74) is 5.75. The predicted molar refractivity (Wildman–Crippen MR) is 157 cm³/mol. The molecule has 7 nitrogen and oxygen atoms in total. The molecule has 5 rings (SSSR count). The molecule has 1 atom stereocenters. The van der Waals surface area contributed by atoms with E-state index in [0.717, 1.165) is 41.5 Å². The number of fused-ring (bicyclic) bond motifs is 3. The Morgan fingerprint density at radius 1 is 0.878 bits per heavy atom. The average molecular weight is 553 g/mol. The molecule has 1 aliphatic carbocycles. The van der Waals surface area contributed by atoms with Crippen LogP contribution in [-0.2, 0) is 25.5 Å². The number of likely N-dealkylation sites (tertiary alicyclic amines) is 1. The minimum absolute atomic E-state index is 0.0373. The molecule has 3 aromatic rings. The van der Waals surface area contributed by atoms with E-state index in [-0.39, 0.29) is 31.5 Å². The highest BCUT2D eigenvalue weighted by atomic mass is 16.5. The first-order valence-corrected chi connectivity index (χ1v) is 14.2. The average Bonchev–Trinajstić information content (AvgIpc) is 3.33. The number of carbonyl (C=O) groups excluding carboxylic acids is 3. The zero-order valence-electron chi connectivity index (χ0n) is 23.2. The summed E-state index contributed by atoms with van der Waals surface area (Å²) in [6, 6.07) is 25.4. The highest BCUT2D eigenvalue weighted by molar-refractivity contribution is 5.89. The van der Waals surface area contributed by atoms with Gasteiger partial charge in [0.1, 0.15) is 19.3 Å². The molecule has 0 bridgehead atoms. The number of rotatable bonds is 10. The molecule has 1 saturated heterocycles. The van der Waals surface area contributed by atoms with Crippen LogP contribution >= 0.6 is 0 Å². The Bertz CT molecular complexity index is 1340. The van der Waals surface area contributed by atoms with Gasteiger partial charge in [0.25, 0.3) is 0 Å². The fraction of sp³-hybridized carbons (Fsp3) is 0.324. The summed E-state index contributed by atoms with van der Waals surface area (Å²) < 4.78 is 10.8. The van der Waals surface area contributed by atoms with Crippen LogP contribution in [-0.4, -0.2) is 55.2 Å². The van der Waals surface area contributed by atoms with Gasteiger partial charge in [-0.05, 0) is 53.0 Å². The Morgan fingerprint density at radius 2 is 1.49 bits per heavy atom. The lowest BCUT2D eigenvalue weighted by Gasteiger charge is -2.34. The van der Waals surface area contributed by atoms with Crippen LogP contribution in [0.2, 0.25) is 0 Å². The molecule has 3 aromatic carbocycles. The minimum Gasteiger partial charge on any atom is -0.461 e. The van der Waals surface area contributed by atoms with E-state index in [9.17, 15) is 14.4 Å². The molecular weight excluding hydrogens is 516 g/mol. The van der Waals surface area contributed by atoms with Crippen LogP contribution in [0.4, 0.5) is 4.79 Å². The van der Waals surface area contributed by atoms with E-state index in [4.69, 9.17) is 9.47 Å². The van der Waals surface area contributed by atoms with Crippen LogP contribution in [0.5, 0.6) is 0 Å². The Kier molecular flexibility index (Phi) is 9.14. The molecule has 1 N–H and O–H groups in total.